The molecule has 12 heteroatoms. The minimum absolute atomic E-state index is 0.185. The van der Waals surface area contributed by atoms with Gasteiger partial charge in [0.15, 0.2) is 0 Å². The molecule has 2 aromatic carbocycles. The number of sulfonamides is 1. The summed E-state index contributed by atoms with van der Waals surface area (Å²) in [5.74, 6) is -0.705. The average Bonchev–Trinajstić information content (AvgIpc) is 2.60. The van der Waals surface area contributed by atoms with Crippen LogP contribution in [0, 0.1) is 10.1 Å². The number of nitro groups is 1. The number of halogens is 2. The van der Waals surface area contributed by atoms with Gasteiger partial charge in [-0.2, -0.15) is 5.10 Å². The van der Waals surface area contributed by atoms with E-state index in [1.807, 2.05) is 0 Å². The minimum atomic E-state index is -3.73. The van der Waals surface area contributed by atoms with Gasteiger partial charge < -0.3 is 0 Å². The lowest BCUT2D eigenvalue weighted by Gasteiger charge is -2.21. The van der Waals surface area contributed by atoms with Gasteiger partial charge in [0.05, 0.1) is 23.1 Å². The highest BCUT2D eigenvalue weighted by molar-refractivity contribution is 9.10. The molecule has 2 rings (SSSR count). The second kappa shape index (κ2) is 9.13. The molecule has 0 saturated heterocycles. The highest BCUT2D eigenvalue weighted by Gasteiger charge is 2.20. The van der Waals surface area contributed by atoms with Crippen LogP contribution < -0.4 is 9.73 Å². The molecule has 0 radical (unpaired) electrons. The van der Waals surface area contributed by atoms with Gasteiger partial charge >= 0.3 is 0 Å². The second-order valence-electron chi connectivity index (χ2n) is 5.51. The van der Waals surface area contributed by atoms with Gasteiger partial charge in [-0.1, -0.05) is 33.6 Å². The van der Waals surface area contributed by atoms with E-state index in [2.05, 4.69) is 26.5 Å². The summed E-state index contributed by atoms with van der Waals surface area (Å²) in [5.41, 5.74) is 2.52. The summed E-state index contributed by atoms with van der Waals surface area (Å²) in [6.45, 7) is -0.505. The Labute approximate surface area is 174 Å². The van der Waals surface area contributed by atoms with Gasteiger partial charge in [0.1, 0.15) is 6.54 Å². The first-order chi connectivity index (χ1) is 13.1. The lowest BCUT2D eigenvalue weighted by molar-refractivity contribution is -0.384. The zero-order valence-corrected chi connectivity index (χ0v) is 17.5. The third-order valence-electron chi connectivity index (χ3n) is 3.37. The van der Waals surface area contributed by atoms with Crippen molar-refractivity contribution in [3.05, 3.63) is 67.6 Å². The topological polar surface area (TPSA) is 122 Å². The fourth-order valence-corrected chi connectivity index (χ4v) is 3.52. The SMILES string of the molecule is CS(=O)(=O)N(CC(=O)N/N=C\c1cc([N+](=O)[O-])ccc1Cl)c1cccc(Br)c1. The third kappa shape index (κ3) is 6.01. The lowest BCUT2D eigenvalue weighted by atomic mass is 10.2. The number of carbonyl (C=O) groups excluding carboxylic acids is 1. The first kappa shape index (κ1) is 21.8. The Kier molecular flexibility index (Phi) is 7.11. The molecule has 0 saturated carbocycles. The number of anilines is 1. The van der Waals surface area contributed by atoms with Crippen LogP contribution in [-0.2, 0) is 14.8 Å². The number of benzene rings is 2. The molecule has 0 aromatic heterocycles. The maximum atomic E-state index is 12.1. The summed E-state index contributed by atoms with van der Waals surface area (Å²) >= 11 is 9.18. The Balaban J connectivity index is 2.13. The number of non-ortho nitro benzene ring substituents is 1. The summed E-state index contributed by atoms with van der Waals surface area (Å²) in [7, 11) is -3.73. The zero-order valence-electron chi connectivity index (χ0n) is 14.4. The van der Waals surface area contributed by atoms with Crippen LogP contribution in [0.3, 0.4) is 0 Å². The number of nitro benzene ring substituents is 1. The molecule has 1 amide bonds. The molecule has 0 atom stereocenters. The molecule has 0 spiro atoms. The minimum Gasteiger partial charge on any atom is -0.271 e. The van der Waals surface area contributed by atoms with Gasteiger partial charge in [0, 0.05) is 27.2 Å². The molecule has 0 bridgehead atoms. The van der Waals surface area contributed by atoms with Crippen molar-refractivity contribution in [2.45, 2.75) is 0 Å². The molecule has 0 aliphatic heterocycles. The number of nitrogens with zero attached hydrogens (tertiary/aromatic N) is 3. The summed E-state index contributed by atoms with van der Waals surface area (Å²) in [4.78, 5) is 22.3. The third-order valence-corrected chi connectivity index (χ3v) is 5.35. The molecular formula is C16H14BrClN4O5S. The zero-order chi connectivity index (χ0) is 20.9. The predicted octanol–water partition coefficient (Wildman–Crippen LogP) is 2.93. The van der Waals surface area contributed by atoms with Crippen molar-refractivity contribution in [1.29, 1.82) is 0 Å². The Morgan fingerprint density at radius 1 is 1.36 bits per heavy atom. The molecule has 9 nitrogen and oxygen atoms in total. The van der Waals surface area contributed by atoms with Crippen molar-refractivity contribution in [2.75, 3.05) is 17.1 Å². The summed E-state index contributed by atoms with van der Waals surface area (Å²) in [6.07, 6.45) is 2.12. The van der Waals surface area contributed by atoms with Crippen LogP contribution in [0.2, 0.25) is 5.02 Å². The van der Waals surface area contributed by atoms with Crippen molar-refractivity contribution in [2.24, 2.45) is 5.10 Å². The van der Waals surface area contributed by atoms with Crippen molar-refractivity contribution < 1.29 is 18.1 Å². The van der Waals surface area contributed by atoms with Crippen molar-refractivity contribution in [1.82, 2.24) is 5.43 Å². The van der Waals surface area contributed by atoms with Gasteiger partial charge in [-0.05, 0) is 24.3 Å². The van der Waals surface area contributed by atoms with Gasteiger partial charge in [0.25, 0.3) is 11.6 Å². The van der Waals surface area contributed by atoms with Crippen LogP contribution >= 0.6 is 27.5 Å². The Morgan fingerprint density at radius 3 is 2.68 bits per heavy atom. The highest BCUT2D eigenvalue weighted by atomic mass is 79.9. The van der Waals surface area contributed by atoms with E-state index in [1.54, 1.807) is 24.3 Å². The number of hydrogen-bond donors (Lipinski definition) is 1. The monoisotopic (exact) mass is 488 g/mol. The Morgan fingerprint density at radius 2 is 2.07 bits per heavy atom. The van der Waals surface area contributed by atoms with Crippen LogP contribution in [0.5, 0.6) is 0 Å². The lowest BCUT2D eigenvalue weighted by Crippen LogP contribution is -2.39. The second-order valence-corrected chi connectivity index (χ2v) is 8.74. The van der Waals surface area contributed by atoms with Crippen LogP contribution in [0.15, 0.2) is 52.0 Å². The molecule has 28 heavy (non-hydrogen) atoms. The Bertz CT molecular complexity index is 1050. The van der Waals surface area contributed by atoms with E-state index in [0.717, 1.165) is 16.8 Å². The standard InChI is InChI=1S/C16H14BrClN4O5S/c1-28(26,27)21(13-4-2-3-12(17)8-13)10-16(23)20-19-9-11-7-14(22(24)25)5-6-15(11)18/h2-9H,10H2,1H3,(H,20,23)/b19-9-. The number of hydrazone groups is 1. The smallest absolute Gasteiger partial charge is 0.270 e. The van der Waals surface area contributed by atoms with Gasteiger partial charge in [0.2, 0.25) is 10.0 Å². The van der Waals surface area contributed by atoms with E-state index in [9.17, 15) is 23.3 Å². The van der Waals surface area contributed by atoms with E-state index in [1.165, 1.54) is 18.2 Å². The van der Waals surface area contributed by atoms with Crippen molar-refractivity contribution in [3.8, 4) is 0 Å². The van der Waals surface area contributed by atoms with Crippen LogP contribution in [0.1, 0.15) is 5.56 Å². The van der Waals surface area contributed by atoms with Crippen LogP contribution in [-0.4, -0.2) is 38.3 Å². The fourth-order valence-electron chi connectivity index (χ4n) is 2.11. The van der Waals surface area contributed by atoms with Crippen LogP contribution in [0.4, 0.5) is 11.4 Å². The maximum Gasteiger partial charge on any atom is 0.270 e. The predicted molar refractivity (Wildman–Crippen MR) is 110 cm³/mol. The van der Waals surface area contributed by atoms with E-state index in [-0.39, 0.29) is 16.3 Å². The maximum absolute atomic E-state index is 12.1. The van der Waals surface area contributed by atoms with E-state index in [0.29, 0.717) is 10.2 Å². The largest absolute Gasteiger partial charge is 0.271 e. The summed E-state index contributed by atoms with van der Waals surface area (Å²) < 4.78 is 25.6. The van der Waals surface area contributed by atoms with Gasteiger partial charge in [-0.3, -0.25) is 19.2 Å². The van der Waals surface area contributed by atoms with Gasteiger partial charge in [-0.25, -0.2) is 13.8 Å². The number of hydrogen-bond acceptors (Lipinski definition) is 6. The number of rotatable bonds is 7. The number of amides is 1. The molecule has 0 aliphatic carbocycles. The van der Waals surface area contributed by atoms with Crippen LogP contribution in [0.25, 0.3) is 0 Å². The van der Waals surface area contributed by atoms with Gasteiger partial charge in [-0.15, -0.1) is 0 Å². The normalized spacial score (nSPS) is 11.4. The quantitative estimate of drug-likeness (QED) is 0.364. The molecular weight excluding hydrogens is 476 g/mol. The van der Waals surface area contributed by atoms with E-state index in [4.69, 9.17) is 11.6 Å². The number of carbonyl (C=O) groups is 1. The summed E-state index contributed by atoms with van der Waals surface area (Å²) in [5, 5.41) is 14.7. The van der Waals surface area contributed by atoms with Crippen molar-refractivity contribution >= 4 is 61.1 Å². The molecule has 2 aromatic rings. The van der Waals surface area contributed by atoms with Crippen molar-refractivity contribution in [3.63, 3.8) is 0 Å². The Hall–Kier alpha value is -2.50. The average molecular weight is 490 g/mol. The van der Waals surface area contributed by atoms with E-state index >= 15 is 0 Å². The molecule has 1 N–H and O–H groups in total. The molecule has 0 heterocycles. The first-order valence-electron chi connectivity index (χ1n) is 7.57. The highest BCUT2D eigenvalue weighted by Crippen LogP contribution is 2.22. The molecule has 0 unspecified atom stereocenters. The fraction of sp³-hybridized carbons (Fsp3) is 0.125. The molecule has 148 valence electrons. The first-order valence-corrected chi connectivity index (χ1v) is 10.6. The summed E-state index contributed by atoms with van der Waals surface area (Å²) in [6, 6.07) is 10.2. The molecule has 0 aliphatic rings. The number of nitrogens with one attached hydrogen (secondary N) is 1. The molecule has 0 fully saturated rings. The van der Waals surface area contributed by atoms with E-state index < -0.39 is 27.4 Å².